The van der Waals surface area contributed by atoms with Crippen LogP contribution in [0, 0.1) is 0 Å². The minimum Gasteiger partial charge on any atom is -0.269 e. The Morgan fingerprint density at radius 3 is 2.90 bits per heavy atom. The van der Waals surface area contributed by atoms with E-state index < -0.39 is 0 Å². The first-order chi connectivity index (χ1) is 9.83. The second-order valence-electron chi connectivity index (χ2n) is 4.29. The number of aryl methyl sites for hydroxylation is 1. The molecule has 0 amide bonds. The molecule has 0 aliphatic carbocycles. The lowest BCUT2D eigenvalue weighted by atomic mass is 10.2. The number of amidine groups is 1. The Kier molecular flexibility index (Phi) is 3.93. The SMILES string of the molecule is Cn1nnnc1SC[C@H]1CN=C(c2ccccc2)NO1. The van der Waals surface area contributed by atoms with Crippen molar-refractivity contribution in [1.82, 2.24) is 25.7 Å². The number of rotatable bonds is 4. The number of nitrogens with zero attached hydrogens (tertiary/aromatic N) is 5. The molecular weight excluding hydrogens is 276 g/mol. The third-order valence-corrected chi connectivity index (χ3v) is 3.94. The summed E-state index contributed by atoms with van der Waals surface area (Å²) in [6.45, 7) is 0.621. The fraction of sp³-hybridized carbons (Fsp3) is 0.333. The number of thioether (sulfide) groups is 1. The average molecular weight is 290 g/mol. The predicted octanol–water partition coefficient (Wildman–Crippen LogP) is 0.652. The van der Waals surface area contributed by atoms with Crippen molar-refractivity contribution in [2.45, 2.75) is 11.3 Å². The molecule has 0 saturated heterocycles. The van der Waals surface area contributed by atoms with Gasteiger partial charge in [-0.15, -0.1) is 5.10 Å². The molecule has 0 bridgehead atoms. The Labute approximate surface area is 120 Å². The van der Waals surface area contributed by atoms with Crippen LogP contribution in [0.2, 0.25) is 0 Å². The van der Waals surface area contributed by atoms with Gasteiger partial charge in [0.25, 0.3) is 0 Å². The number of aliphatic imine (C=N–C) groups is 1. The molecule has 0 saturated carbocycles. The highest BCUT2D eigenvalue weighted by molar-refractivity contribution is 7.99. The van der Waals surface area contributed by atoms with Gasteiger partial charge in [-0.3, -0.25) is 9.83 Å². The Balaban J connectivity index is 1.56. The van der Waals surface area contributed by atoms with Crippen LogP contribution in [-0.2, 0) is 11.9 Å². The number of hydrogen-bond donors (Lipinski definition) is 1. The monoisotopic (exact) mass is 290 g/mol. The van der Waals surface area contributed by atoms with Crippen LogP contribution in [0.1, 0.15) is 5.56 Å². The molecule has 104 valence electrons. The quantitative estimate of drug-likeness (QED) is 0.833. The lowest BCUT2D eigenvalue weighted by Gasteiger charge is -2.22. The third kappa shape index (κ3) is 2.97. The van der Waals surface area contributed by atoms with E-state index in [1.54, 1.807) is 16.4 Å². The normalized spacial score (nSPS) is 18.4. The van der Waals surface area contributed by atoms with Crippen molar-refractivity contribution >= 4 is 17.6 Å². The molecule has 8 heteroatoms. The highest BCUT2D eigenvalue weighted by atomic mass is 32.2. The molecule has 0 radical (unpaired) electrons. The van der Waals surface area contributed by atoms with E-state index >= 15 is 0 Å². The van der Waals surface area contributed by atoms with Crippen molar-refractivity contribution < 1.29 is 4.84 Å². The van der Waals surface area contributed by atoms with E-state index in [9.17, 15) is 0 Å². The zero-order valence-corrected chi connectivity index (χ0v) is 11.7. The number of benzene rings is 1. The minimum absolute atomic E-state index is 0.00385. The van der Waals surface area contributed by atoms with Crippen molar-refractivity contribution in [3.63, 3.8) is 0 Å². The zero-order chi connectivity index (χ0) is 13.8. The Morgan fingerprint density at radius 1 is 1.40 bits per heavy atom. The van der Waals surface area contributed by atoms with Crippen molar-refractivity contribution in [3.8, 4) is 0 Å². The molecule has 1 N–H and O–H groups in total. The van der Waals surface area contributed by atoms with Gasteiger partial charge < -0.3 is 0 Å². The van der Waals surface area contributed by atoms with E-state index in [1.807, 2.05) is 37.4 Å². The maximum absolute atomic E-state index is 5.60. The van der Waals surface area contributed by atoms with Gasteiger partial charge in [0.1, 0.15) is 6.10 Å². The Bertz CT molecular complexity index is 599. The first-order valence-electron chi connectivity index (χ1n) is 6.19. The molecule has 2 aromatic rings. The molecule has 1 aliphatic heterocycles. The van der Waals surface area contributed by atoms with Crippen LogP contribution in [0.15, 0.2) is 40.5 Å². The van der Waals surface area contributed by atoms with Gasteiger partial charge >= 0.3 is 0 Å². The molecule has 7 nitrogen and oxygen atoms in total. The van der Waals surface area contributed by atoms with Crippen LogP contribution in [0.5, 0.6) is 0 Å². The van der Waals surface area contributed by atoms with Gasteiger partial charge in [-0.2, -0.15) is 0 Å². The fourth-order valence-electron chi connectivity index (χ4n) is 1.75. The predicted molar refractivity (Wildman–Crippen MR) is 75.4 cm³/mol. The van der Waals surface area contributed by atoms with Crippen LogP contribution in [0.4, 0.5) is 0 Å². The first-order valence-corrected chi connectivity index (χ1v) is 7.18. The van der Waals surface area contributed by atoms with Crippen molar-refractivity contribution in [1.29, 1.82) is 0 Å². The molecular formula is C12H14N6OS. The van der Waals surface area contributed by atoms with E-state index in [0.29, 0.717) is 6.54 Å². The summed E-state index contributed by atoms with van der Waals surface area (Å²) in [6, 6.07) is 9.91. The Hall–Kier alpha value is -1.93. The van der Waals surface area contributed by atoms with Crippen LogP contribution in [0.3, 0.4) is 0 Å². The van der Waals surface area contributed by atoms with Gasteiger partial charge in [0.05, 0.1) is 6.54 Å². The van der Waals surface area contributed by atoms with E-state index in [1.165, 1.54) is 0 Å². The average Bonchev–Trinajstić information content (AvgIpc) is 2.92. The summed E-state index contributed by atoms with van der Waals surface area (Å²) < 4.78 is 1.64. The van der Waals surface area contributed by atoms with Crippen LogP contribution in [0.25, 0.3) is 0 Å². The number of tetrazole rings is 1. The van der Waals surface area contributed by atoms with Crippen molar-refractivity contribution in [2.75, 3.05) is 12.3 Å². The second-order valence-corrected chi connectivity index (χ2v) is 5.28. The molecule has 1 aromatic carbocycles. The number of hydrogen-bond acceptors (Lipinski definition) is 7. The summed E-state index contributed by atoms with van der Waals surface area (Å²) in [4.78, 5) is 10.1. The number of aromatic nitrogens is 4. The molecule has 3 rings (SSSR count). The largest absolute Gasteiger partial charge is 0.269 e. The molecule has 0 spiro atoms. The molecule has 0 fully saturated rings. The van der Waals surface area contributed by atoms with E-state index in [-0.39, 0.29) is 6.10 Å². The van der Waals surface area contributed by atoms with E-state index in [2.05, 4.69) is 26.0 Å². The highest BCUT2D eigenvalue weighted by Gasteiger charge is 2.18. The number of hydroxylamine groups is 1. The highest BCUT2D eigenvalue weighted by Crippen LogP contribution is 2.16. The first kappa shape index (κ1) is 13.1. The molecule has 0 unspecified atom stereocenters. The topological polar surface area (TPSA) is 77.2 Å². The van der Waals surface area contributed by atoms with Gasteiger partial charge in [0, 0.05) is 18.4 Å². The van der Waals surface area contributed by atoms with Crippen molar-refractivity contribution in [3.05, 3.63) is 35.9 Å². The summed E-state index contributed by atoms with van der Waals surface area (Å²) >= 11 is 1.55. The van der Waals surface area contributed by atoms with Gasteiger partial charge in [-0.25, -0.2) is 10.2 Å². The zero-order valence-electron chi connectivity index (χ0n) is 10.9. The summed E-state index contributed by atoms with van der Waals surface area (Å²) in [5.41, 5.74) is 3.93. The summed E-state index contributed by atoms with van der Waals surface area (Å²) in [5, 5.41) is 12.1. The number of nitrogens with one attached hydrogen (secondary N) is 1. The molecule has 1 aromatic heterocycles. The molecule has 20 heavy (non-hydrogen) atoms. The smallest absolute Gasteiger partial charge is 0.209 e. The standard InChI is InChI=1S/C12H14N6OS/c1-18-12(14-16-17-18)20-8-10-7-13-11(15-19-10)9-5-3-2-4-6-9/h2-6,10H,7-8H2,1H3,(H,13,15)/t10-/m1/s1. The maximum Gasteiger partial charge on any atom is 0.209 e. The van der Waals surface area contributed by atoms with Gasteiger partial charge in [-0.05, 0) is 10.4 Å². The Morgan fingerprint density at radius 2 is 2.25 bits per heavy atom. The minimum atomic E-state index is 0.00385. The van der Waals surface area contributed by atoms with Crippen LogP contribution >= 0.6 is 11.8 Å². The fourth-order valence-corrected chi connectivity index (χ4v) is 2.57. The van der Waals surface area contributed by atoms with Gasteiger partial charge in [0.2, 0.25) is 5.16 Å². The van der Waals surface area contributed by atoms with E-state index in [0.717, 1.165) is 22.3 Å². The molecule has 1 aliphatic rings. The van der Waals surface area contributed by atoms with Crippen molar-refractivity contribution in [2.24, 2.45) is 12.0 Å². The maximum atomic E-state index is 5.60. The summed E-state index contributed by atoms with van der Waals surface area (Å²) in [5.74, 6) is 1.51. The van der Waals surface area contributed by atoms with Gasteiger partial charge in [0.15, 0.2) is 5.84 Å². The van der Waals surface area contributed by atoms with E-state index in [4.69, 9.17) is 4.84 Å². The summed E-state index contributed by atoms with van der Waals surface area (Å²) in [7, 11) is 1.81. The molecule has 1 atom stereocenters. The van der Waals surface area contributed by atoms with Gasteiger partial charge in [-0.1, -0.05) is 42.1 Å². The third-order valence-electron chi connectivity index (χ3n) is 2.80. The van der Waals surface area contributed by atoms with Crippen LogP contribution in [-0.4, -0.2) is 44.4 Å². The second kappa shape index (κ2) is 6.02. The summed E-state index contributed by atoms with van der Waals surface area (Å²) in [6.07, 6.45) is 0.00385. The lowest BCUT2D eigenvalue weighted by molar-refractivity contribution is 0.0212. The lowest BCUT2D eigenvalue weighted by Crippen LogP contribution is -2.38. The van der Waals surface area contributed by atoms with Crippen LogP contribution < -0.4 is 5.48 Å². The molecule has 2 heterocycles.